The van der Waals surface area contributed by atoms with Crippen LogP contribution in [0.1, 0.15) is 15.9 Å². The zero-order valence-corrected chi connectivity index (χ0v) is 16.5. The van der Waals surface area contributed by atoms with Gasteiger partial charge in [-0.1, -0.05) is 17.7 Å². The van der Waals surface area contributed by atoms with Crippen LogP contribution in [0, 0.1) is 6.92 Å². The zero-order valence-electron chi connectivity index (χ0n) is 14.0. The van der Waals surface area contributed by atoms with Gasteiger partial charge < -0.3 is 9.47 Å². The first-order chi connectivity index (χ1) is 11.6. The van der Waals surface area contributed by atoms with Crippen LogP contribution in [0.4, 0.5) is 0 Å². The Hall–Kier alpha value is -1.91. The molecule has 7 nitrogen and oxygen atoms in total. The number of nitrogens with zero attached hydrogens (tertiary/aromatic N) is 1. The van der Waals surface area contributed by atoms with E-state index in [1.165, 1.54) is 25.9 Å². The molecule has 1 atom stereocenters. The number of hydrogen-bond donors (Lipinski definition) is 0. The fourth-order valence-electron chi connectivity index (χ4n) is 2.01. The molecule has 0 fully saturated rings. The number of aryl methyl sites for hydroxylation is 1. The summed E-state index contributed by atoms with van der Waals surface area (Å²) in [7, 11) is -5.10. The van der Waals surface area contributed by atoms with Crippen LogP contribution in [-0.4, -0.2) is 39.1 Å². The monoisotopic (exact) mass is 403 g/mol. The van der Waals surface area contributed by atoms with Gasteiger partial charge >= 0.3 is 16.0 Å². The number of hydrogen-bond acceptors (Lipinski definition) is 7. The molecule has 2 rings (SSSR count). The fraction of sp³-hybridized carbons (Fsp3) is 0.267. The van der Waals surface area contributed by atoms with Crippen LogP contribution in [0.2, 0.25) is 0 Å². The summed E-state index contributed by atoms with van der Waals surface area (Å²) in [5.74, 6) is -0.898. The first-order valence-corrected chi connectivity index (χ1v) is 11.2. The highest BCUT2D eigenvalue weighted by Gasteiger charge is 2.29. The van der Waals surface area contributed by atoms with E-state index in [0.717, 1.165) is 16.9 Å². The summed E-state index contributed by atoms with van der Waals surface area (Å²) in [6, 6.07) is 6.59. The van der Waals surface area contributed by atoms with Gasteiger partial charge in [-0.3, -0.25) is 0 Å². The predicted octanol–water partition coefficient (Wildman–Crippen LogP) is 2.70. The lowest BCUT2D eigenvalue weighted by atomic mass is 10.2. The summed E-state index contributed by atoms with van der Waals surface area (Å²) < 4.78 is 51.0. The molecule has 0 radical (unpaired) electrons. The minimum absolute atomic E-state index is 0.0262. The lowest BCUT2D eigenvalue weighted by molar-refractivity contribution is 0.0597. The average molecular weight is 404 g/mol. The van der Waals surface area contributed by atoms with Gasteiger partial charge in [0, 0.05) is 16.5 Å². The third kappa shape index (κ3) is 4.02. The Morgan fingerprint density at radius 3 is 2.24 bits per heavy atom. The molecule has 0 N–H and O–H groups in total. The third-order valence-corrected chi connectivity index (χ3v) is 8.65. The summed E-state index contributed by atoms with van der Waals surface area (Å²) in [5, 5.41) is 1.30. The Kier molecular flexibility index (Phi) is 5.55. The topological polar surface area (TPSA) is 99.1 Å². The van der Waals surface area contributed by atoms with Crippen molar-refractivity contribution in [2.45, 2.75) is 16.0 Å². The molecule has 1 heterocycles. The number of ether oxygens (including phenoxy) is 2. The van der Waals surface area contributed by atoms with Gasteiger partial charge in [0.25, 0.3) is 0 Å². The molecule has 0 amide bonds. The molecule has 0 saturated heterocycles. The van der Waals surface area contributed by atoms with Crippen molar-refractivity contribution in [2.24, 2.45) is 3.77 Å². The molecule has 0 spiro atoms. The Bertz CT molecular complexity index is 1010. The first kappa shape index (κ1) is 19.4. The minimum Gasteiger partial charge on any atom is -0.493 e. The second-order valence-corrected chi connectivity index (χ2v) is 10.3. The number of sulfonamides is 1. The predicted molar refractivity (Wildman–Crippen MR) is 95.3 cm³/mol. The number of thiophene rings is 1. The molecular weight excluding hydrogens is 386 g/mol. The molecule has 0 saturated carbocycles. The molecule has 0 unspecified atom stereocenters. The van der Waals surface area contributed by atoms with Gasteiger partial charge in [-0.15, -0.1) is 15.1 Å². The molecule has 1 aromatic heterocycles. The van der Waals surface area contributed by atoms with Gasteiger partial charge in [-0.05, 0) is 19.1 Å². The highest BCUT2D eigenvalue weighted by molar-refractivity contribution is 8.03. The maximum absolute atomic E-state index is 12.8. The number of carbonyl (C=O) groups excluding carboxylic acids is 1. The highest BCUT2D eigenvalue weighted by atomic mass is 32.3. The van der Waals surface area contributed by atoms with Crippen molar-refractivity contribution >= 4 is 37.1 Å². The van der Waals surface area contributed by atoms with Crippen molar-refractivity contribution < 1.29 is 26.9 Å². The second kappa shape index (κ2) is 7.14. The molecule has 0 bridgehead atoms. The standard InChI is InChI=1S/C15H17NO6S3/c1-10-5-7-11(8-6-10)24(4,18)16-25(19,20)15-13(21-2)12(9-23-15)14(17)22-3/h5-9H,1-4H3/t24-/m0/s1. The average Bonchev–Trinajstić information content (AvgIpc) is 2.98. The number of esters is 1. The van der Waals surface area contributed by atoms with Gasteiger partial charge in [0.05, 0.1) is 23.9 Å². The summed E-state index contributed by atoms with van der Waals surface area (Å²) in [4.78, 5) is 12.0. The van der Waals surface area contributed by atoms with E-state index in [-0.39, 0.29) is 15.5 Å². The van der Waals surface area contributed by atoms with Gasteiger partial charge in [-0.25, -0.2) is 9.00 Å². The lowest BCUT2D eigenvalue weighted by Gasteiger charge is -2.07. The van der Waals surface area contributed by atoms with E-state index in [9.17, 15) is 17.4 Å². The van der Waals surface area contributed by atoms with Crippen molar-refractivity contribution in [3.05, 3.63) is 40.8 Å². The smallest absolute Gasteiger partial charge is 0.342 e. The molecular formula is C15H17NO6S3. The maximum atomic E-state index is 12.8. The van der Waals surface area contributed by atoms with Crippen LogP contribution in [0.5, 0.6) is 5.75 Å². The Morgan fingerprint density at radius 1 is 1.12 bits per heavy atom. The summed E-state index contributed by atoms with van der Waals surface area (Å²) in [6.07, 6.45) is 1.25. The largest absolute Gasteiger partial charge is 0.493 e. The Balaban J connectivity index is 2.59. The van der Waals surface area contributed by atoms with Crippen LogP contribution < -0.4 is 4.74 Å². The van der Waals surface area contributed by atoms with Crippen molar-refractivity contribution in [1.29, 1.82) is 0 Å². The zero-order chi connectivity index (χ0) is 18.8. The molecule has 0 aliphatic carbocycles. The molecule has 0 aliphatic heterocycles. The molecule has 2 aromatic rings. The highest BCUT2D eigenvalue weighted by Crippen LogP contribution is 2.36. The summed E-state index contributed by atoms with van der Waals surface area (Å²) in [6.45, 7) is 1.86. The van der Waals surface area contributed by atoms with Crippen LogP contribution in [0.3, 0.4) is 0 Å². The third-order valence-electron chi connectivity index (χ3n) is 3.26. The van der Waals surface area contributed by atoms with Crippen molar-refractivity contribution in [3.8, 4) is 5.75 Å². The second-order valence-electron chi connectivity index (χ2n) is 5.13. The molecule has 1 aromatic carbocycles. The summed E-state index contributed by atoms with van der Waals surface area (Å²) in [5.41, 5.74) is 0.922. The quantitative estimate of drug-likeness (QED) is 0.712. The van der Waals surface area contributed by atoms with E-state index in [1.807, 2.05) is 6.92 Å². The fourth-order valence-corrected chi connectivity index (χ4v) is 6.82. The van der Waals surface area contributed by atoms with Gasteiger partial charge in [0.1, 0.15) is 5.56 Å². The van der Waals surface area contributed by atoms with E-state index in [4.69, 9.17) is 4.74 Å². The molecule has 10 heteroatoms. The SMILES string of the molecule is COC(=O)c1csc(S(=O)(=O)N=[S@@](C)(=O)c2ccc(C)cc2)c1OC. The normalized spacial score (nSPS) is 13.8. The van der Waals surface area contributed by atoms with E-state index >= 15 is 0 Å². The molecule has 136 valence electrons. The number of carbonyl (C=O) groups is 1. The lowest BCUT2D eigenvalue weighted by Crippen LogP contribution is -2.06. The first-order valence-electron chi connectivity index (χ1n) is 6.91. The van der Waals surface area contributed by atoms with Crippen LogP contribution in [0.15, 0.2) is 42.5 Å². The Labute approximate surface area is 150 Å². The van der Waals surface area contributed by atoms with Gasteiger partial charge in [0.2, 0.25) is 0 Å². The van der Waals surface area contributed by atoms with E-state index in [2.05, 4.69) is 8.50 Å². The van der Waals surface area contributed by atoms with E-state index in [0.29, 0.717) is 4.90 Å². The van der Waals surface area contributed by atoms with Crippen LogP contribution in [-0.2, 0) is 24.5 Å². The van der Waals surface area contributed by atoms with E-state index in [1.54, 1.807) is 24.3 Å². The minimum atomic E-state index is -4.30. The van der Waals surface area contributed by atoms with Crippen molar-refractivity contribution in [1.82, 2.24) is 0 Å². The van der Waals surface area contributed by atoms with Crippen LogP contribution >= 0.6 is 11.3 Å². The van der Waals surface area contributed by atoms with Crippen LogP contribution in [0.25, 0.3) is 0 Å². The summed E-state index contributed by atoms with van der Waals surface area (Å²) >= 11 is 0.757. The maximum Gasteiger partial charge on any atom is 0.342 e. The van der Waals surface area contributed by atoms with E-state index < -0.39 is 25.7 Å². The number of methoxy groups -OCH3 is 2. The van der Waals surface area contributed by atoms with Gasteiger partial charge in [0.15, 0.2) is 9.96 Å². The molecule has 25 heavy (non-hydrogen) atoms. The van der Waals surface area contributed by atoms with Crippen molar-refractivity contribution in [2.75, 3.05) is 20.5 Å². The van der Waals surface area contributed by atoms with Crippen molar-refractivity contribution in [3.63, 3.8) is 0 Å². The Morgan fingerprint density at radius 2 is 1.72 bits per heavy atom. The molecule has 0 aliphatic rings. The number of rotatable bonds is 5. The van der Waals surface area contributed by atoms with Gasteiger partial charge in [-0.2, -0.15) is 8.42 Å². The number of benzene rings is 1.